The zero-order chi connectivity index (χ0) is 22.8. The number of benzene rings is 3. The SMILES string of the molecule is N#Cc1ccccc1Cn1cc(/C=C2\SC(=Nc3ccccc3F)NC2=O)c2ccccc21. The fourth-order valence-electron chi connectivity index (χ4n) is 3.75. The fraction of sp³-hybridized carbons (Fsp3) is 0.0385. The van der Waals surface area contributed by atoms with E-state index in [0.717, 1.165) is 22.0 Å². The Morgan fingerprint density at radius 3 is 2.67 bits per heavy atom. The number of halogens is 1. The van der Waals surface area contributed by atoms with Crippen molar-refractivity contribution in [3.8, 4) is 6.07 Å². The molecule has 1 N–H and O–H groups in total. The Kier molecular flexibility index (Phi) is 5.51. The van der Waals surface area contributed by atoms with Gasteiger partial charge in [0.05, 0.1) is 16.5 Å². The van der Waals surface area contributed by atoms with Crippen LogP contribution in [0, 0.1) is 17.1 Å². The molecule has 0 aliphatic carbocycles. The number of amidine groups is 1. The van der Waals surface area contributed by atoms with E-state index < -0.39 is 5.82 Å². The van der Waals surface area contributed by atoms with E-state index in [-0.39, 0.29) is 11.6 Å². The van der Waals surface area contributed by atoms with Gasteiger partial charge >= 0.3 is 0 Å². The molecule has 0 unspecified atom stereocenters. The van der Waals surface area contributed by atoms with Crippen LogP contribution >= 0.6 is 11.8 Å². The van der Waals surface area contributed by atoms with E-state index in [0.29, 0.717) is 22.2 Å². The highest BCUT2D eigenvalue weighted by atomic mass is 32.2. The highest BCUT2D eigenvalue weighted by molar-refractivity contribution is 8.18. The number of carbonyl (C=O) groups is 1. The van der Waals surface area contributed by atoms with Crippen LogP contribution in [-0.2, 0) is 11.3 Å². The number of fused-ring (bicyclic) bond motifs is 1. The summed E-state index contributed by atoms with van der Waals surface area (Å²) in [6, 6.07) is 23.9. The summed E-state index contributed by atoms with van der Waals surface area (Å²) in [5, 5.41) is 13.5. The Hall–Kier alpha value is -4.15. The predicted molar refractivity (Wildman–Crippen MR) is 129 cm³/mol. The molecular weight excluding hydrogens is 435 g/mol. The van der Waals surface area contributed by atoms with E-state index in [2.05, 4.69) is 20.9 Å². The molecule has 3 aromatic carbocycles. The lowest BCUT2D eigenvalue weighted by Crippen LogP contribution is -2.19. The largest absolute Gasteiger partial charge is 0.342 e. The zero-order valence-electron chi connectivity index (χ0n) is 17.3. The smallest absolute Gasteiger partial charge is 0.264 e. The topological polar surface area (TPSA) is 70.2 Å². The van der Waals surface area contributed by atoms with Crippen LogP contribution < -0.4 is 5.32 Å². The minimum absolute atomic E-state index is 0.175. The first kappa shape index (κ1) is 20.7. The molecule has 1 aliphatic heterocycles. The second-order valence-electron chi connectivity index (χ2n) is 7.43. The second-order valence-corrected chi connectivity index (χ2v) is 8.46. The summed E-state index contributed by atoms with van der Waals surface area (Å²) in [7, 11) is 0. The van der Waals surface area contributed by atoms with Gasteiger partial charge in [0, 0.05) is 29.2 Å². The number of aliphatic imine (C=N–C) groups is 1. The molecule has 0 saturated carbocycles. The molecule has 0 radical (unpaired) electrons. The molecule has 5 nitrogen and oxygen atoms in total. The number of rotatable bonds is 4. The second kappa shape index (κ2) is 8.77. The first-order chi connectivity index (χ1) is 16.1. The van der Waals surface area contributed by atoms with Gasteiger partial charge in [-0.2, -0.15) is 5.26 Å². The van der Waals surface area contributed by atoms with E-state index in [1.54, 1.807) is 24.3 Å². The molecule has 2 heterocycles. The minimum Gasteiger partial charge on any atom is -0.342 e. The van der Waals surface area contributed by atoms with Crippen molar-refractivity contribution in [2.24, 2.45) is 4.99 Å². The Labute approximate surface area is 193 Å². The summed E-state index contributed by atoms with van der Waals surface area (Å²) < 4.78 is 16.0. The third-order valence-electron chi connectivity index (χ3n) is 5.31. The molecule has 1 amide bonds. The molecule has 160 valence electrons. The maximum atomic E-state index is 13.9. The monoisotopic (exact) mass is 452 g/mol. The van der Waals surface area contributed by atoms with Crippen LogP contribution in [0.4, 0.5) is 10.1 Å². The highest BCUT2D eigenvalue weighted by Gasteiger charge is 2.25. The van der Waals surface area contributed by atoms with Crippen molar-refractivity contribution in [3.63, 3.8) is 0 Å². The number of nitrogens with zero attached hydrogens (tertiary/aromatic N) is 3. The maximum Gasteiger partial charge on any atom is 0.264 e. The summed E-state index contributed by atoms with van der Waals surface area (Å²) in [6.45, 7) is 0.534. The number of thioether (sulfide) groups is 1. The fourth-order valence-corrected chi connectivity index (χ4v) is 4.57. The Bertz CT molecular complexity index is 1500. The van der Waals surface area contributed by atoms with Gasteiger partial charge in [-0.05, 0) is 47.7 Å². The maximum absolute atomic E-state index is 13.9. The molecule has 7 heteroatoms. The van der Waals surface area contributed by atoms with Crippen molar-refractivity contribution >= 4 is 45.5 Å². The van der Waals surface area contributed by atoms with E-state index >= 15 is 0 Å². The third-order valence-corrected chi connectivity index (χ3v) is 6.22. The number of hydrogen-bond donors (Lipinski definition) is 1. The van der Waals surface area contributed by atoms with E-state index in [9.17, 15) is 14.4 Å². The lowest BCUT2D eigenvalue weighted by atomic mass is 10.1. The van der Waals surface area contributed by atoms with Gasteiger partial charge < -0.3 is 9.88 Å². The van der Waals surface area contributed by atoms with Crippen LogP contribution in [0.1, 0.15) is 16.7 Å². The number of para-hydroxylation sites is 2. The van der Waals surface area contributed by atoms with Gasteiger partial charge in [0.25, 0.3) is 5.91 Å². The van der Waals surface area contributed by atoms with Crippen molar-refractivity contribution in [1.82, 2.24) is 9.88 Å². The number of nitrogens with one attached hydrogen (secondary N) is 1. The van der Waals surface area contributed by atoms with Crippen LogP contribution in [0.25, 0.3) is 17.0 Å². The minimum atomic E-state index is -0.446. The van der Waals surface area contributed by atoms with Crippen molar-refractivity contribution in [2.75, 3.05) is 0 Å². The summed E-state index contributed by atoms with van der Waals surface area (Å²) in [5.41, 5.74) is 3.61. The first-order valence-electron chi connectivity index (χ1n) is 10.2. The first-order valence-corrected chi connectivity index (χ1v) is 11.0. The Morgan fingerprint density at radius 1 is 1.06 bits per heavy atom. The van der Waals surface area contributed by atoms with Crippen LogP contribution in [0.2, 0.25) is 0 Å². The molecule has 33 heavy (non-hydrogen) atoms. The lowest BCUT2D eigenvalue weighted by Gasteiger charge is -2.07. The van der Waals surface area contributed by atoms with Crippen LogP contribution in [-0.4, -0.2) is 15.6 Å². The normalized spacial score (nSPS) is 15.8. The van der Waals surface area contributed by atoms with Gasteiger partial charge in [-0.25, -0.2) is 9.38 Å². The van der Waals surface area contributed by atoms with Crippen LogP contribution in [0.15, 0.2) is 88.9 Å². The molecule has 4 aromatic rings. The van der Waals surface area contributed by atoms with Gasteiger partial charge in [0.2, 0.25) is 0 Å². The van der Waals surface area contributed by atoms with Crippen molar-refractivity contribution in [2.45, 2.75) is 6.54 Å². The predicted octanol–water partition coefficient (Wildman–Crippen LogP) is 5.59. The summed E-state index contributed by atoms with van der Waals surface area (Å²) in [5.74, 6) is -0.722. The number of aromatic nitrogens is 1. The zero-order valence-corrected chi connectivity index (χ0v) is 18.1. The van der Waals surface area contributed by atoms with Crippen molar-refractivity contribution < 1.29 is 9.18 Å². The molecule has 5 rings (SSSR count). The molecule has 0 atom stereocenters. The standard InChI is InChI=1S/C26H17FN4OS/c27-21-10-4-5-11-22(21)29-26-30-25(32)24(33-26)13-19-16-31(23-12-6-3-9-20(19)23)15-18-8-2-1-7-17(18)14-28/h1-13,16H,15H2,(H,29,30,32)/b24-13-. The highest BCUT2D eigenvalue weighted by Crippen LogP contribution is 2.32. The summed E-state index contributed by atoms with van der Waals surface area (Å²) in [4.78, 5) is 17.3. The quantitative estimate of drug-likeness (QED) is 0.410. The molecule has 1 saturated heterocycles. The van der Waals surface area contributed by atoms with Crippen molar-refractivity contribution in [1.29, 1.82) is 5.26 Å². The number of carbonyl (C=O) groups excluding carboxylic acids is 1. The number of hydrogen-bond acceptors (Lipinski definition) is 4. The molecule has 1 aliphatic rings. The number of nitriles is 1. The average Bonchev–Trinajstić information content (AvgIpc) is 3.35. The van der Waals surface area contributed by atoms with Gasteiger partial charge in [0.15, 0.2) is 5.17 Å². The Balaban J connectivity index is 1.50. The average molecular weight is 453 g/mol. The number of amides is 1. The molecule has 0 spiro atoms. The van der Waals surface area contributed by atoms with E-state index in [4.69, 9.17) is 0 Å². The van der Waals surface area contributed by atoms with Gasteiger partial charge in [0.1, 0.15) is 11.5 Å². The summed E-state index contributed by atoms with van der Waals surface area (Å²) >= 11 is 1.18. The van der Waals surface area contributed by atoms with Gasteiger partial charge in [-0.15, -0.1) is 0 Å². The molecule has 1 aromatic heterocycles. The third kappa shape index (κ3) is 4.16. The molecule has 1 fully saturated rings. The van der Waals surface area contributed by atoms with E-state index in [1.165, 1.54) is 17.8 Å². The van der Waals surface area contributed by atoms with Crippen LogP contribution in [0.5, 0.6) is 0 Å². The van der Waals surface area contributed by atoms with E-state index in [1.807, 2.05) is 54.7 Å². The molecular formula is C26H17FN4OS. The lowest BCUT2D eigenvalue weighted by molar-refractivity contribution is -0.115. The summed E-state index contributed by atoms with van der Waals surface area (Å²) in [6.07, 6.45) is 3.80. The van der Waals surface area contributed by atoms with Crippen LogP contribution in [0.3, 0.4) is 0 Å². The van der Waals surface area contributed by atoms with Crippen molar-refractivity contribution in [3.05, 3.63) is 106 Å². The van der Waals surface area contributed by atoms with Gasteiger partial charge in [-0.3, -0.25) is 4.79 Å². The van der Waals surface area contributed by atoms with Gasteiger partial charge in [-0.1, -0.05) is 48.5 Å². The Morgan fingerprint density at radius 2 is 1.82 bits per heavy atom. The molecule has 0 bridgehead atoms.